The third-order valence-corrected chi connectivity index (χ3v) is 4.47. The Labute approximate surface area is 139 Å². The highest BCUT2D eigenvalue weighted by molar-refractivity contribution is 9.10. The van der Waals surface area contributed by atoms with Crippen molar-refractivity contribution in [3.63, 3.8) is 0 Å². The van der Waals surface area contributed by atoms with Crippen molar-refractivity contribution in [2.24, 2.45) is 0 Å². The molecule has 0 amide bonds. The number of nitrogens with zero attached hydrogens (tertiary/aromatic N) is 2. The number of hydrogen-bond acceptors (Lipinski definition) is 4. The van der Waals surface area contributed by atoms with Crippen LogP contribution in [0.5, 0.6) is 0 Å². The van der Waals surface area contributed by atoms with Gasteiger partial charge in [-0.05, 0) is 42.5 Å². The van der Waals surface area contributed by atoms with Crippen LogP contribution in [0.4, 0.5) is 0 Å². The van der Waals surface area contributed by atoms with Crippen molar-refractivity contribution in [2.75, 3.05) is 0 Å². The minimum absolute atomic E-state index is 0.490. The van der Waals surface area contributed by atoms with E-state index >= 15 is 0 Å². The maximum atomic E-state index is 5.96. The first kappa shape index (κ1) is 14.6. The van der Waals surface area contributed by atoms with E-state index < -0.39 is 0 Å². The molecule has 3 rings (SSSR count). The van der Waals surface area contributed by atoms with Crippen molar-refractivity contribution in [3.05, 3.63) is 63.9 Å². The van der Waals surface area contributed by atoms with Gasteiger partial charge in [-0.3, -0.25) is 0 Å². The Bertz CT molecular complexity index is 745. The Morgan fingerprint density at radius 2 is 1.90 bits per heavy atom. The predicted octanol–water partition coefficient (Wildman–Crippen LogP) is 5.44. The zero-order valence-electron chi connectivity index (χ0n) is 10.8. The van der Waals surface area contributed by atoms with Gasteiger partial charge >= 0.3 is 0 Å². The van der Waals surface area contributed by atoms with Crippen LogP contribution >= 0.6 is 39.3 Å². The highest BCUT2D eigenvalue weighted by Gasteiger charge is 2.09. The number of benzene rings is 2. The normalized spacial score (nSPS) is 10.8. The van der Waals surface area contributed by atoms with Crippen LogP contribution in [0.3, 0.4) is 0 Å². The summed E-state index contributed by atoms with van der Waals surface area (Å²) < 4.78 is 6.72. The van der Waals surface area contributed by atoms with Gasteiger partial charge in [0.15, 0.2) is 0 Å². The van der Waals surface area contributed by atoms with Crippen LogP contribution in [-0.2, 0) is 5.75 Å². The van der Waals surface area contributed by atoms with Crippen LogP contribution in [0.25, 0.3) is 11.5 Å². The lowest BCUT2D eigenvalue weighted by molar-refractivity contribution is 0.528. The molecule has 0 saturated carbocycles. The summed E-state index contributed by atoms with van der Waals surface area (Å²) >= 11 is 11.0. The number of aromatic nitrogens is 2. The molecule has 0 aliphatic heterocycles. The number of hydrogen-bond donors (Lipinski definition) is 0. The summed E-state index contributed by atoms with van der Waals surface area (Å²) in [5, 5.41) is 8.77. The van der Waals surface area contributed by atoms with Crippen LogP contribution < -0.4 is 0 Å². The molecule has 0 fully saturated rings. The smallest absolute Gasteiger partial charge is 0.247 e. The lowest BCUT2D eigenvalue weighted by Gasteiger charge is -1.98. The van der Waals surface area contributed by atoms with E-state index in [-0.39, 0.29) is 0 Å². The first-order chi connectivity index (χ1) is 10.2. The summed E-state index contributed by atoms with van der Waals surface area (Å²) in [6, 6.07) is 15.5. The Balaban J connectivity index is 1.69. The molecule has 21 heavy (non-hydrogen) atoms. The molecule has 0 aliphatic rings. The lowest BCUT2D eigenvalue weighted by Crippen LogP contribution is -1.80. The second kappa shape index (κ2) is 6.64. The van der Waals surface area contributed by atoms with Gasteiger partial charge in [-0.1, -0.05) is 33.6 Å². The van der Waals surface area contributed by atoms with Crippen molar-refractivity contribution in [1.29, 1.82) is 0 Å². The molecule has 106 valence electrons. The van der Waals surface area contributed by atoms with Gasteiger partial charge in [0.25, 0.3) is 0 Å². The molecule has 0 saturated heterocycles. The molecule has 0 spiro atoms. The van der Waals surface area contributed by atoms with Crippen LogP contribution in [0.1, 0.15) is 5.89 Å². The largest absolute Gasteiger partial charge is 0.420 e. The Hall–Kier alpha value is -1.30. The second-order valence-corrected chi connectivity index (χ2v) is 6.65. The minimum atomic E-state index is 0.490. The van der Waals surface area contributed by atoms with E-state index in [1.807, 2.05) is 42.5 Å². The molecule has 1 aromatic heterocycles. The Morgan fingerprint density at radius 1 is 1.10 bits per heavy atom. The predicted molar refractivity (Wildman–Crippen MR) is 88.4 cm³/mol. The monoisotopic (exact) mass is 380 g/mol. The first-order valence-electron chi connectivity index (χ1n) is 6.17. The highest BCUT2D eigenvalue weighted by atomic mass is 79.9. The summed E-state index contributed by atoms with van der Waals surface area (Å²) in [6.07, 6.45) is 0. The van der Waals surface area contributed by atoms with E-state index in [1.165, 1.54) is 0 Å². The molecule has 0 atom stereocenters. The molecule has 0 radical (unpaired) electrons. The SMILES string of the molecule is Clc1cccc(-c2nnc(CSc3ccc(Br)cc3)o2)c1. The maximum Gasteiger partial charge on any atom is 0.247 e. The molecular weight excluding hydrogens is 372 g/mol. The van der Waals surface area contributed by atoms with Gasteiger partial charge in [0.05, 0.1) is 5.75 Å². The van der Waals surface area contributed by atoms with Gasteiger partial charge in [-0.15, -0.1) is 22.0 Å². The molecular formula is C15H10BrClN2OS. The van der Waals surface area contributed by atoms with Gasteiger partial charge in [0.1, 0.15) is 0 Å². The third kappa shape index (κ3) is 3.87. The average Bonchev–Trinajstić information content (AvgIpc) is 2.96. The molecule has 3 aromatic rings. The lowest BCUT2D eigenvalue weighted by atomic mass is 10.2. The third-order valence-electron chi connectivity index (χ3n) is 2.71. The average molecular weight is 382 g/mol. The Kier molecular flexibility index (Phi) is 4.63. The van der Waals surface area contributed by atoms with E-state index in [0.29, 0.717) is 22.6 Å². The molecule has 0 unspecified atom stereocenters. The quantitative estimate of drug-likeness (QED) is 0.564. The number of rotatable bonds is 4. The van der Waals surface area contributed by atoms with E-state index in [2.05, 4.69) is 26.1 Å². The van der Waals surface area contributed by atoms with E-state index in [0.717, 1.165) is 14.9 Å². The maximum absolute atomic E-state index is 5.96. The minimum Gasteiger partial charge on any atom is -0.420 e. The molecule has 1 heterocycles. The number of thioether (sulfide) groups is 1. The van der Waals surface area contributed by atoms with Crippen LogP contribution in [0, 0.1) is 0 Å². The standard InChI is InChI=1S/C15H10BrClN2OS/c16-11-4-6-13(7-5-11)21-9-14-18-19-15(20-14)10-2-1-3-12(17)8-10/h1-8H,9H2. The van der Waals surface area contributed by atoms with Crippen LogP contribution in [-0.4, -0.2) is 10.2 Å². The molecule has 3 nitrogen and oxygen atoms in total. The fourth-order valence-corrected chi connectivity index (χ4v) is 2.92. The van der Waals surface area contributed by atoms with Crippen LogP contribution in [0.2, 0.25) is 5.02 Å². The first-order valence-corrected chi connectivity index (χ1v) is 8.33. The van der Waals surface area contributed by atoms with E-state index in [9.17, 15) is 0 Å². The molecule has 0 N–H and O–H groups in total. The zero-order valence-corrected chi connectivity index (χ0v) is 14.0. The van der Waals surface area contributed by atoms with Gasteiger partial charge in [-0.2, -0.15) is 0 Å². The van der Waals surface area contributed by atoms with Crippen LogP contribution in [0.15, 0.2) is 62.3 Å². The molecule has 6 heteroatoms. The van der Waals surface area contributed by atoms with Gasteiger partial charge in [0, 0.05) is 20.0 Å². The molecule has 0 aliphatic carbocycles. The van der Waals surface area contributed by atoms with Crippen molar-refractivity contribution >= 4 is 39.3 Å². The highest BCUT2D eigenvalue weighted by Crippen LogP contribution is 2.26. The van der Waals surface area contributed by atoms with Crippen molar-refractivity contribution in [2.45, 2.75) is 10.6 Å². The van der Waals surface area contributed by atoms with Crippen molar-refractivity contribution in [3.8, 4) is 11.5 Å². The summed E-state index contributed by atoms with van der Waals surface area (Å²) in [7, 11) is 0. The summed E-state index contributed by atoms with van der Waals surface area (Å²) in [6.45, 7) is 0. The van der Waals surface area contributed by atoms with Gasteiger partial charge < -0.3 is 4.42 Å². The van der Waals surface area contributed by atoms with Gasteiger partial charge in [0.2, 0.25) is 11.8 Å². The van der Waals surface area contributed by atoms with Crippen molar-refractivity contribution in [1.82, 2.24) is 10.2 Å². The zero-order chi connectivity index (χ0) is 14.7. The summed E-state index contributed by atoms with van der Waals surface area (Å²) in [5.74, 6) is 1.72. The van der Waals surface area contributed by atoms with Crippen molar-refractivity contribution < 1.29 is 4.42 Å². The van der Waals surface area contributed by atoms with Gasteiger partial charge in [-0.25, -0.2) is 0 Å². The fraction of sp³-hybridized carbons (Fsp3) is 0.0667. The summed E-state index contributed by atoms with van der Waals surface area (Å²) in [5.41, 5.74) is 0.829. The fourth-order valence-electron chi connectivity index (χ4n) is 1.73. The van der Waals surface area contributed by atoms with E-state index in [1.54, 1.807) is 17.8 Å². The Morgan fingerprint density at radius 3 is 2.67 bits per heavy atom. The summed E-state index contributed by atoms with van der Waals surface area (Å²) in [4.78, 5) is 1.15. The second-order valence-electron chi connectivity index (χ2n) is 4.25. The molecule has 2 aromatic carbocycles. The molecule has 0 bridgehead atoms. The van der Waals surface area contributed by atoms with E-state index in [4.69, 9.17) is 16.0 Å². The topological polar surface area (TPSA) is 38.9 Å². The number of halogens is 2.